The number of oxime groups is 1. The van der Waals surface area contributed by atoms with E-state index in [-0.39, 0.29) is 57.1 Å². The lowest BCUT2D eigenvalue weighted by Gasteiger charge is -2.47. The lowest BCUT2D eigenvalue weighted by molar-refractivity contribution is -0.296. The van der Waals surface area contributed by atoms with Crippen LogP contribution in [0.1, 0.15) is 132 Å². The molecule has 2 aromatic rings. The Kier molecular flexibility index (Phi) is 21.2. The summed E-state index contributed by atoms with van der Waals surface area (Å²) >= 11 is 1.34. The molecule has 0 spiro atoms. The number of carbonyl (C=O) groups excluding carboxylic acids is 4. The number of ether oxygens (including phenoxy) is 4. The van der Waals surface area contributed by atoms with Crippen molar-refractivity contribution < 1.29 is 57.6 Å². The number of thiazole rings is 1. The van der Waals surface area contributed by atoms with Gasteiger partial charge in [-0.1, -0.05) is 44.8 Å². The molecule has 2 bridgehead atoms. The van der Waals surface area contributed by atoms with Crippen LogP contribution in [-0.4, -0.2) is 141 Å². The van der Waals surface area contributed by atoms with E-state index in [1.807, 2.05) is 45.8 Å². The van der Waals surface area contributed by atoms with Crippen LogP contribution in [0.15, 0.2) is 40.1 Å². The minimum atomic E-state index is -3.21. The highest BCUT2D eigenvalue weighted by Crippen LogP contribution is 2.42. The van der Waals surface area contributed by atoms with Gasteiger partial charge in [0.2, 0.25) is 11.8 Å². The summed E-state index contributed by atoms with van der Waals surface area (Å²) in [6, 6.07) is 2.52. The normalized spacial score (nSPS) is 34.0. The molecule has 0 aromatic carbocycles. The molecule has 8 N–H and O–H groups in total. The summed E-state index contributed by atoms with van der Waals surface area (Å²) in [7, 11) is 3.65. The molecule has 19 nitrogen and oxygen atoms in total. The summed E-state index contributed by atoms with van der Waals surface area (Å²) < 4.78 is 42.8. The highest BCUT2D eigenvalue weighted by Gasteiger charge is 2.55. The second kappa shape index (κ2) is 26.0. The highest BCUT2D eigenvalue weighted by molar-refractivity contribution is 7.13. The van der Waals surface area contributed by atoms with Crippen LogP contribution in [-0.2, 0) is 49.6 Å². The molecule has 5 heterocycles. The maximum absolute atomic E-state index is 17.1. The summed E-state index contributed by atoms with van der Waals surface area (Å²) in [5.74, 6) is -5.22. The van der Waals surface area contributed by atoms with E-state index in [1.165, 1.54) is 25.2 Å². The molecule has 408 valence electrons. The van der Waals surface area contributed by atoms with Gasteiger partial charge < -0.3 is 61.0 Å². The number of rotatable bonds is 16. The van der Waals surface area contributed by atoms with Gasteiger partial charge in [-0.05, 0) is 131 Å². The van der Waals surface area contributed by atoms with Crippen LogP contribution in [0.25, 0.3) is 10.6 Å². The molecule has 5 rings (SSSR count). The molecule has 73 heavy (non-hydrogen) atoms. The number of alkyl halides is 1. The molecule has 3 aliphatic heterocycles. The van der Waals surface area contributed by atoms with Crippen LogP contribution in [0.5, 0.6) is 0 Å². The van der Waals surface area contributed by atoms with Crippen LogP contribution in [0.2, 0.25) is 0 Å². The number of Topliss-reactive ketones (excluding diaryl/α,β-unsaturated/α-hetero) is 1. The predicted octanol–water partition coefficient (Wildman–Crippen LogP) is 5.71. The Hall–Kier alpha value is -4.32. The molecule has 0 saturated carbocycles. The maximum Gasteiger partial charge on any atom is 0.351 e. The Balaban J connectivity index is 1.55. The number of likely N-dealkylation sites (N-methyl/N-ethyl adjacent to an activating group) is 1. The van der Waals surface area contributed by atoms with Gasteiger partial charge in [-0.15, -0.1) is 11.3 Å². The number of unbranched alkanes of at least 4 members (excludes halogenated alkanes) is 1. The standard InChI is InChI=1S/C52H81FN8O11S/c1-12-39-50(7,67)24-33-17-20-36(60-69-27-35-19-18-34(25-56-35)47-58-40(28-73-47)57-46(65)37(55)16-14-15-21-54)26-68-51(8,23-29(3)42(31(33)5)59-41(62)13-2)45(32(6)44(64)52(9,53)49(66)71-39)72-48-43(63)38(61(10)11)22-30(4)70-48/h18-19,25,28-30,32-33,37-39,43,45,48,63,67H,12-17,20-24,26-27,54-55H2,1-11H3,(H,57,65)(H,59,62)/b42-31+,60-36?. The molecular weight excluding hydrogens is 964 g/mol. The van der Waals surface area contributed by atoms with E-state index in [1.54, 1.807) is 38.4 Å². The first-order valence-corrected chi connectivity index (χ1v) is 26.5. The minimum absolute atomic E-state index is 0.0162. The zero-order chi connectivity index (χ0) is 54.0. The SMILES string of the molecule is CCC(=O)N/C1=C(\C)C2CCC(=NOCc3ccc(-c4nc(NC(=O)C(N)CCCCN)cs4)cn3)COC(C)(CC1C)C(OC1OC(C)CC(N(C)C)C1O)C(C)C(=O)C(C)(F)C(=O)OC(CC)C(C)(O)C2. The number of aromatic nitrogens is 2. The monoisotopic (exact) mass is 1040 g/mol. The molecule has 3 aliphatic rings. The lowest BCUT2D eigenvalue weighted by atomic mass is 9.76. The number of nitrogens with zero attached hydrogens (tertiary/aromatic N) is 4. The van der Waals surface area contributed by atoms with Gasteiger partial charge in [0.25, 0.3) is 5.67 Å². The number of hydrogen-bond donors (Lipinski definition) is 6. The van der Waals surface area contributed by atoms with Crippen molar-refractivity contribution in [2.45, 2.75) is 193 Å². The number of cyclic esters (lactones) is 1. The molecule has 0 aliphatic carbocycles. The van der Waals surface area contributed by atoms with Crippen molar-refractivity contribution >= 4 is 46.4 Å². The number of aliphatic hydroxyl groups excluding tert-OH is 1. The molecule has 2 amide bonds. The number of fused-ring (bicyclic) bond motifs is 4. The zero-order valence-electron chi connectivity index (χ0n) is 44.6. The summed E-state index contributed by atoms with van der Waals surface area (Å²) in [6.45, 7) is 14.9. The van der Waals surface area contributed by atoms with E-state index in [0.29, 0.717) is 59.3 Å². The number of carbonyl (C=O) groups is 4. The van der Waals surface area contributed by atoms with Crippen molar-refractivity contribution in [2.24, 2.45) is 34.4 Å². The van der Waals surface area contributed by atoms with Gasteiger partial charge in [0.05, 0.1) is 47.5 Å². The van der Waals surface area contributed by atoms with Crippen LogP contribution in [0, 0.1) is 17.8 Å². The number of nitrogens with one attached hydrogen (secondary N) is 2. The number of amides is 2. The second-order valence-corrected chi connectivity index (χ2v) is 21.8. The summed E-state index contributed by atoms with van der Waals surface area (Å²) in [6.07, 6.45) is -0.422. The number of anilines is 1. The Labute approximate surface area is 433 Å². The number of hydrogen-bond acceptors (Lipinski definition) is 18. The topological polar surface area (TPSA) is 272 Å². The minimum Gasteiger partial charge on any atom is -0.457 e. The molecule has 13 unspecified atom stereocenters. The fraction of sp³-hybridized carbons (Fsp3) is 0.712. The maximum atomic E-state index is 17.1. The molecule has 13 atom stereocenters. The van der Waals surface area contributed by atoms with Crippen molar-refractivity contribution in [3.05, 3.63) is 40.7 Å². The third kappa shape index (κ3) is 15.2. The van der Waals surface area contributed by atoms with Gasteiger partial charge in [-0.25, -0.2) is 14.2 Å². The third-order valence-electron chi connectivity index (χ3n) is 14.6. The number of ketones is 1. The van der Waals surface area contributed by atoms with Crippen LogP contribution >= 0.6 is 11.3 Å². The lowest BCUT2D eigenvalue weighted by Crippen LogP contribution is -2.60. The summed E-state index contributed by atoms with van der Waals surface area (Å²) in [5, 5.41) is 36.9. The fourth-order valence-electron chi connectivity index (χ4n) is 10.2. The molecule has 1 saturated heterocycles. The summed E-state index contributed by atoms with van der Waals surface area (Å²) in [5.41, 5.74) is 8.15. The largest absolute Gasteiger partial charge is 0.457 e. The number of allylic oxidation sites excluding steroid dienone is 2. The van der Waals surface area contributed by atoms with E-state index in [9.17, 15) is 29.4 Å². The smallest absolute Gasteiger partial charge is 0.351 e. The number of esters is 1. The van der Waals surface area contributed by atoms with Gasteiger partial charge in [0.15, 0.2) is 18.7 Å². The second-order valence-electron chi connectivity index (χ2n) is 21.0. The van der Waals surface area contributed by atoms with Crippen molar-refractivity contribution in [1.82, 2.24) is 20.2 Å². The fourth-order valence-corrected chi connectivity index (χ4v) is 10.9. The highest BCUT2D eigenvalue weighted by atomic mass is 32.1. The Morgan fingerprint density at radius 2 is 1.84 bits per heavy atom. The first kappa shape index (κ1) is 59.6. The van der Waals surface area contributed by atoms with E-state index in [2.05, 4.69) is 25.8 Å². The quantitative estimate of drug-likeness (QED) is 0.0509. The van der Waals surface area contributed by atoms with Crippen molar-refractivity contribution in [3.63, 3.8) is 0 Å². The van der Waals surface area contributed by atoms with Crippen LogP contribution in [0.4, 0.5) is 10.2 Å². The van der Waals surface area contributed by atoms with E-state index >= 15 is 4.39 Å². The molecule has 1 fully saturated rings. The average molecular weight is 1050 g/mol. The number of nitrogens with two attached hydrogens (primary N) is 2. The Morgan fingerprint density at radius 3 is 2.48 bits per heavy atom. The van der Waals surface area contributed by atoms with Gasteiger partial charge in [-0.2, -0.15) is 0 Å². The van der Waals surface area contributed by atoms with E-state index in [4.69, 9.17) is 35.3 Å². The van der Waals surface area contributed by atoms with Gasteiger partial charge in [0.1, 0.15) is 23.0 Å². The van der Waals surface area contributed by atoms with Crippen LogP contribution < -0.4 is 22.1 Å². The van der Waals surface area contributed by atoms with Gasteiger partial charge in [0, 0.05) is 41.2 Å². The van der Waals surface area contributed by atoms with Crippen molar-refractivity contribution in [1.29, 1.82) is 0 Å². The van der Waals surface area contributed by atoms with Crippen molar-refractivity contribution in [3.8, 4) is 10.6 Å². The first-order chi connectivity index (χ1) is 34.3. The first-order valence-electron chi connectivity index (χ1n) is 25.7. The van der Waals surface area contributed by atoms with Crippen molar-refractivity contribution in [2.75, 3.05) is 32.6 Å². The summed E-state index contributed by atoms with van der Waals surface area (Å²) in [4.78, 5) is 71.6. The molecular formula is C52H81FN8O11S. The predicted molar refractivity (Wildman–Crippen MR) is 275 cm³/mol. The van der Waals surface area contributed by atoms with E-state index < -0.39 is 89.2 Å². The number of halogens is 1. The Morgan fingerprint density at radius 1 is 1.11 bits per heavy atom. The Bertz CT molecular complexity index is 2260. The molecule has 2 aromatic heterocycles. The zero-order valence-corrected chi connectivity index (χ0v) is 45.4. The number of aliphatic hydroxyl groups is 2. The van der Waals surface area contributed by atoms with Gasteiger partial charge >= 0.3 is 5.97 Å². The molecule has 21 heteroatoms. The van der Waals surface area contributed by atoms with Gasteiger partial charge in [-0.3, -0.25) is 19.4 Å². The molecule has 0 radical (unpaired) electrons. The average Bonchev–Trinajstić information content (AvgIpc) is 3.81. The van der Waals surface area contributed by atoms with E-state index in [0.717, 1.165) is 25.3 Å². The number of pyridine rings is 1. The van der Waals surface area contributed by atoms with Crippen LogP contribution in [0.3, 0.4) is 0 Å². The third-order valence-corrected chi connectivity index (χ3v) is 15.5.